The van der Waals surface area contributed by atoms with E-state index in [1.807, 2.05) is 6.92 Å². The molecule has 110 valence electrons. The Labute approximate surface area is 126 Å². The fourth-order valence-corrected chi connectivity index (χ4v) is 4.32. The van der Waals surface area contributed by atoms with E-state index in [1.165, 1.54) is 22.7 Å². The highest BCUT2D eigenvalue weighted by Crippen LogP contribution is 2.23. The van der Waals surface area contributed by atoms with Crippen molar-refractivity contribution in [3.63, 3.8) is 0 Å². The van der Waals surface area contributed by atoms with E-state index < -0.39 is 10.0 Å². The van der Waals surface area contributed by atoms with Gasteiger partial charge in [-0.25, -0.2) is 13.4 Å². The standard InChI is InChI=1S/C11H15ClN4O2S2/c1-7-9(4-12)11(15-14-7)20(17,18)16(3)5-10-8(2)13-6-19-10/h6H,4-5H2,1-3H3,(H,14,15). The largest absolute Gasteiger partial charge is 0.281 e. The van der Waals surface area contributed by atoms with E-state index in [0.717, 1.165) is 10.6 Å². The van der Waals surface area contributed by atoms with Gasteiger partial charge in [0.15, 0.2) is 5.03 Å². The molecule has 20 heavy (non-hydrogen) atoms. The molecule has 0 radical (unpaired) electrons. The van der Waals surface area contributed by atoms with E-state index in [0.29, 0.717) is 11.3 Å². The van der Waals surface area contributed by atoms with E-state index in [1.54, 1.807) is 12.4 Å². The highest BCUT2D eigenvalue weighted by atomic mass is 35.5. The number of nitrogens with zero attached hydrogens (tertiary/aromatic N) is 3. The van der Waals surface area contributed by atoms with E-state index in [4.69, 9.17) is 11.6 Å². The van der Waals surface area contributed by atoms with Crippen LogP contribution in [0, 0.1) is 13.8 Å². The van der Waals surface area contributed by atoms with Crippen LogP contribution in [0.15, 0.2) is 10.5 Å². The number of sulfonamides is 1. The lowest BCUT2D eigenvalue weighted by atomic mass is 10.3. The van der Waals surface area contributed by atoms with Crippen LogP contribution in [0.25, 0.3) is 0 Å². The number of aromatic nitrogens is 3. The average Bonchev–Trinajstić information content (AvgIpc) is 2.96. The summed E-state index contributed by atoms with van der Waals surface area (Å²) >= 11 is 7.24. The van der Waals surface area contributed by atoms with E-state index in [2.05, 4.69) is 15.2 Å². The molecule has 0 amide bonds. The molecule has 0 aliphatic heterocycles. The van der Waals surface area contributed by atoms with Gasteiger partial charge in [0.1, 0.15) is 0 Å². The number of aromatic amines is 1. The molecule has 0 aromatic carbocycles. The zero-order chi connectivity index (χ0) is 14.9. The molecule has 2 aromatic heterocycles. The third kappa shape index (κ3) is 2.73. The number of halogens is 1. The first-order valence-corrected chi connectivity index (χ1v) is 8.68. The maximum Gasteiger partial charge on any atom is 0.262 e. The Bertz CT molecular complexity index is 708. The molecule has 2 rings (SSSR count). The number of aryl methyl sites for hydroxylation is 2. The second-order valence-electron chi connectivity index (χ2n) is 4.39. The van der Waals surface area contributed by atoms with Crippen molar-refractivity contribution in [2.24, 2.45) is 0 Å². The Morgan fingerprint density at radius 3 is 2.70 bits per heavy atom. The maximum absolute atomic E-state index is 12.5. The van der Waals surface area contributed by atoms with E-state index >= 15 is 0 Å². The third-order valence-electron chi connectivity index (χ3n) is 3.04. The second-order valence-corrected chi connectivity index (χ2v) is 7.55. The second kappa shape index (κ2) is 5.80. The number of alkyl halides is 1. The van der Waals surface area contributed by atoms with Crippen LogP contribution in [-0.2, 0) is 22.4 Å². The molecular weight excluding hydrogens is 320 g/mol. The SMILES string of the molecule is Cc1ncsc1CN(C)S(=O)(=O)c1n[nH]c(C)c1CCl. The zero-order valence-corrected chi connectivity index (χ0v) is 13.7. The van der Waals surface area contributed by atoms with Crippen molar-refractivity contribution in [2.75, 3.05) is 7.05 Å². The first kappa shape index (κ1) is 15.4. The highest BCUT2D eigenvalue weighted by molar-refractivity contribution is 7.89. The van der Waals surface area contributed by atoms with Crippen molar-refractivity contribution in [2.45, 2.75) is 31.3 Å². The van der Waals surface area contributed by atoms with E-state index in [-0.39, 0.29) is 17.5 Å². The van der Waals surface area contributed by atoms with Gasteiger partial charge in [-0.3, -0.25) is 5.10 Å². The monoisotopic (exact) mass is 334 g/mol. The van der Waals surface area contributed by atoms with Crippen molar-refractivity contribution in [1.82, 2.24) is 19.5 Å². The summed E-state index contributed by atoms with van der Waals surface area (Å²) in [5.74, 6) is 0.102. The molecule has 0 unspecified atom stereocenters. The highest BCUT2D eigenvalue weighted by Gasteiger charge is 2.28. The van der Waals surface area contributed by atoms with Crippen LogP contribution in [0.4, 0.5) is 0 Å². The summed E-state index contributed by atoms with van der Waals surface area (Å²) in [6, 6.07) is 0. The molecule has 0 spiro atoms. The quantitative estimate of drug-likeness (QED) is 0.849. The Kier molecular flexibility index (Phi) is 4.48. The summed E-state index contributed by atoms with van der Waals surface area (Å²) in [5.41, 5.74) is 3.72. The van der Waals surface area contributed by atoms with Gasteiger partial charge < -0.3 is 0 Å². The van der Waals surface area contributed by atoms with Gasteiger partial charge in [-0.1, -0.05) is 0 Å². The topological polar surface area (TPSA) is 79.0 Å². The minimum absolute atomic E-state index is 0.00494. The summed E-state index contributed by atoms with van der Waals surface area (Å²) in [7, 11) is -2.14. The van der Waals surface area contributed by atoms with Crippen molar-refractivity contribution < 1.29 is 8.42 Å². The first-order chi connectivity index (χ1) is 9.37. The molecule has 0 aliphatic rings. The fraction of sp³-hybridized carbons (Fsp3) is 0.455. The molecule has 0 saturated heterocycles. The summed E-state index contributed by atoms with van der Waals surface area (Å²) in [6.45, 7) is 3.87. The van der Waals surface area contributed by atoms with Gasteiger partial charge in [0, 0.05) is 29.7 Å². The minimum atomic E-state index is -3.67. The van der Waals surface area contributed by atoms with Crippen LogP contribution in [0.2, 0.25) is 0 Å². The van der Waals surface area contributed by atoms with Crippen LogP contribution >= 0.6 is 22.9 Å². The molecule has 9 heteroatoms. The van der Waals surface area contributed by atoms with Crippen LogP contribution in [0.3, 0.4) is 0 Å². The Hall–Kier alpha value is -0.960. The summed E-state index contributed by atoms with van der Waals surface area (Å²) in [5, 5.41) is 6.54. The van der Waals surface area contributed by atoms with Gasteiger partial charge in [-0.2, -0.15) is 9.40 Å². The number of nitrogens with one attached hydrogen (secondary N) is 1. The zero-order valence-electron chi connectivity index (χ0n) is 11.3. The molecule has 0 saturated carbocycles. The summed E-state index contributed by atoms with van der Waals surface area (Å²) in [6.07, 6.45) is 0. The molecular formula is C11H15ClN4O2S2. The predicted octanol–water partition coefficient (Wildman–Crippen LogP) is 2.04. The van der Waals surface area contributed by atoms with Crippen LogP contribution in [-0.4, -0.2) is 35.0 Å². The fourth-order valence-electron chi connectivity index (χ4n) is 1.71. The molecule has 0 aliphatic carbocycles. The molecule has 0 fully saturated rings. The summed E-state index contributed by atoms with van der Waals surface area (Å²) in [4.78, 5) is 5.03. The van der Waals surface area contributed by atoms with Gasteiger partial charge in [0.25, 0.3) is 10.0 Å². The average molecular weight is 335 g/mol. The number of hydrogen-bond acceptors (Lipinski definition) is 5. The smallest absolute Gasteiger partial charge is 0.262 e. The number of hydrogen-bond donors (Lipinski definition) is 1. The molecule has 0 atom stereocenters. The van der Waals surface area contributed by atoms with Crippen molar-refractivity contribution in [1.29, 1.82) is 0 Å². The lowest BCUT2D eigenvalue weighted by Gasteiger charge is -2.15. The minimum Gasteiger partial charge on any atom is -0.281 e. The molecule has 2 heterocycles. The number of H-pyrrole nitrogens is 1. The Morgan fingerprint density at radius 1 is 1.45 bits per heavy atom. The molecule has 1 N–H and O–H groups in total. The molecule has 2 aromatic rings. The maximum atomic E-state index is 12.5. The van der Waals surface area contributed by atoms with E-state index in [9.17, 15) is 8.42 Å². The Balaban J connectivity index is 2.32. The lowest BCUT2D eigenvalue weighted by molar-refractivity contribution is 0.465. The summed E-state index contributed by atoms with van der Waals surface area (Å²) < 4.78 is 26.3. The van der Waals surface area contributed by atoms with Gasteiger partial charge in [0.2, 0.25) is 0 Å². The first-order valence-electron chi connectivity index (χ1n) is 5.83. The van der Waals surface area contributed by atoms with Crippen molar-refractivity contribution in [3.8, 4) is 0 Å². The van der Waals surface area contributed by atoms with Crippen LogP contribution < -0.4 is 0 Å². The van der Waals surface area contributed by atoms with Gasteiger partial charge in [-0.15, -0.1) is 22.9 Å². The van der Waals surface area contributed by atoms with Crippen LogP contribution in [0.5, 0.6) is 0 Å². The van der Waals surface area contributed by atoms with Crippen molar-refractivity contribution in [3.05, 3.63) is 27.3 Å². The van der Waals surface area contributed by atoms with Crippen molar-refractivity contribution >= 4 is 33.0 Å². The molecule has 0 bridgehead atoms. The van der Waals surface area contributed by atoms with Gasteiger partial charge in [-0.05, 0) is 13.8 Å². The predicted molar refractivity (Wildman–Crippen MR) is 78.4 cm³/mol. The van der Waals surface area contributed by atoms with Gasteiger partial charge in [0.05, 0.1) is 17.1 Å². The van der Waals surface area contributed by atoms with Crippen LogP contribution in [0.1, 0.15) is 21.8 Å². The lowest BCUT2D eigenvalue weighted by Crippen LogP contribution is -2.27. The Morgan fingerprint density at radius 2 is 2.15 bits per heavy atom. The normalized spacial score (nSPS) is 12.2. The molecule has 6 nitrogen and oxygen atoms in total. The third-order valence-corrected chi connectivity index (χ3v) is 6.00. The number of rotatable bonds is 5. The number of thiazole rings is 1. The van der Waals surface area contributed by atoms with Gasteiger partial charge >= 0.3 is 0 Å².